The number of halogens is 1. The fraction of sp³-hybridized carbons (Fsp3) is 0.533. The lowest BCUT2D eigenvalue weighted by Gasteiger charge is -2.17. The molecule has 1 rings (SSSR count). The molecule has 0 aliphatic carbocycles. The number of Topliss-reactive ketones (excluding diaryl/α,β-unsaturated/α-hetero) is 1. The van der Waals surface area contributed by atoms with Gasteiger partial charge in [0, 0.05) is 28.6 Å². The number of carbonyl (C=O) groups is 1. The first-order valence-corrected chi connectivity index (χ1v) is 8.35. The molecular formula is C15H22ClNO2S. The summed E-state index contributed by atoms with van der Waals surface area (Å²) in [6.07, 6.45) is 0. The van der Waals surface area contributed by atoms with Crippen LogP contribution in [0.4, 0.5) is 0 Å². The Morgan fingerprint density at radius 2 is 2.00 bits per heavy atom. The van der Waals surface area contributed by atoms with Crippen LogP contribution in [-0.2, 0) is 5.75 Å². The van der Waals surface area contributed by atoms with E-state index in [2.05, 4.69) is 18.7 Å². The number of benzene rings is 1. The summed E-state index contributed by atoms with van der Waals surface area (Å²) >= 11 is 7.73. The molecular weight excluding hydrogens is 294 g/mol. The van der Waals surface area contributed by atoms with Crippen LogP contribution in [0.3, 0.4) is 0 Å². The Hall–Kier alpha value is -0.710. The highest BCUT2D eigenvalue weighted by atomic mass is 35.5. The van der Waals surface area contributed by atoms with Crippen LogP contribution < -0.4 is 0 Å². The van der Waals surface area contributed by atoms with E-state index in [4.69, 9.17) is 11.6 Å². The maximum atomic E-state index is 11.4. The van der Waals surface area contributed by atoms with E-state index in [0.717, 1.165) is 31.0 Å². The number of hydrogen-bond donors (Lipinski definition) is 1. The molecule has 0 radical (unpaired) electrons. The van der Waals surface area contributed by atoms with E-state index in [-0.39, 0.29) is 11.5 Å². The van der Waals surface area contributed by atoms with E-state index in [1.807, 2.05) is 0 Å². The van der Waals surface area contributed by atoms with E-state index in [1.54, 1.807) is 17.8 Å². The van der Waals surface area contributed by atoms with Gasteiger partial charge in [0.25, 0.3) is 0 Å². The van der Waals surface area contributed by atoms with E-state index in [0.29, 0.717) is 16.3 Å². The molecule has 0 bridgehead atoms. The van der Waals surface area contributed by atoms with Crippen LogP contribution >= 0.6 is 23.4 Å². The summed E-state index contributed by atoms with van der Waals surface area (Å²) in [5.41, 5.74) is 1.03. The maximum absolute atomic E-state index is 11.4. The molecule has 1 N–H and O–H groups in total. The van der Waals surface area contributed by atoms with Crippen molar-refractivity contribution in [3.8, 4) is 5.75 Å². The summed E-state index contributed by atoms with van der Waals surface area (Å²) in [7, 11) is 0. The molecule has 0 unspecified atom stereocenters. The van der Waals surface area contributed by atoms with Gasteiger partial charge in [0.15, 0.2) is 5.78 Å². The normalized spacial score (nSPS) is 11.1. The van der Waals surface area contributed by atoms with Gasteiger partial charge in [-0.25, -0.2) is 0 Å². The quantitative estimate of drug-likeness (QED) is 0.585. The zero-order valence-electron chi connectivity index (χ0n) is 12.3. The highest BCUT2D eigenvalue weighted by Crippen LogP contribution is 2.30. The Labute approximate surface area is 130 Å². The van der Waals surface area contributed by atoms with E-state index in [9.17, 15) is 9.90 Å². The summed E-state index contributed by atoms with van der Waals surface area (Å²) < 4.78 is 0. The van der Waals surface area contributed by atoms with E-state index < -0.39 is 0 Å². The number of nitrogens with zero attached hydrogens (tertiary/aromatic N) is 1. The molecule has 0 saturated carbocycles. The molecule has 0 aliphatic rings. The Morgan fingerprint density at radius 3 is 2.55 bits per heavy atom. The Balaban J connectivity index is 2.62. The molecule has 0 aromatic heterocycles. The summed E-state index contributed by atoms with van der Waals surface area (Å²) in [6.45, 7) is 8.86. The molecule has 112 valence electrons. The molecule has 0 atom stereocenters. The molecule has 0 amide bonds. The fourth-order valence-corrected chi connectivity index (χ4v) is 3.16. The van der Waals surface area contributed by atoms with Crippen molar-refractivity contribution in [1.29, 1.82) is 0 Å². The van der Waals surface area contributed by atoms with Crippen LogP contribution in [0.1, 0.15) is 36.7 Å². The third-order valence-electron chi connectivity index (χ3n) is 3.24. The first kappa shape index (κ1) is 17.3. The summed E-state index contributed by atoms with van der Waals surface area (Å²) in [5, 5.41) is 10.6. The monoisotopic (exact) mass is 315 g/mol. The molecule has 0 fully saturated rings. The molecule has 1 aromatic rings. The predicted molar refractivity (Wildman–Crippen MR) is 87.1 cm³/mol. The van der Waals surface area contributed by atoms with Crippen LogP contribution in [0.2, 0.25) is 5.02 Å². The van der Waals surface area contributed by atoms with Gasteiger partial charge in [-0.2, -0.15) is 11.8 Å². The summed E-state index contributed by atoms with van der Waals surface area (Å²) in [5.74, 6) is 1.55. The number of aromatic hydroxyl groups is 1. The molecule has 20 heavy (non-hydrogen) atoms. The lowest BCUT2D eigenvalue weighted by atomic mass is 10.1. The second kappa shape index (κ2) is 8.55. The van der Waals surface area contributed by atoms with Crippen LogP contribution in [0.25, 0.3) is 0 Å². The number of ketones is 1. The van der Waals surface area contributed by atoms with Gasteiger partial charge < -0.3 is 10.0 Å². The van der Waals surface area contributed by atoms with Gasteiger partial charge in [-0.1, -0.05) is 25.4 Å². The number of carbonyl (C=O) groups excluding carboxylic acids is 1. The third kappa shape index (κ3) is 5.00. The van der Waals surface area contributed by atoms with E-state index in [1.165, 1.54) is 13.0 Å². The van der Waals surface area contributed by atoms with Crippen LogP contribution in [0, 0.1) is 0 Å². The zero-order chi connectivity index (χ0) is 15.1. The molecule has 0 aliphatic heterocycles. The molecule has 1 aromatic carbocycles. The van der Waals surface area contributed by atoms with Crippen LogP contribution in [0.5, 0.6) is 5.75 Å². The highest BCUT2D eigenvalue weighted by Gasteiger charge is 2.13. The van der Waals surface area contributed by atoms with Gasteiger partial charge >= 0.3 is 0 Å². The standard InChI is InChI=1S/C15H22ClNO2S/c1-4-17(5-2)6-7-20-10-12-8-13(16)9-14(11(3)18)15(12)19/h8-9,19H,4-7,10H2,1-3H3. The predicted octanol–water partition coefficient (Wildman–Crippen LogP) is 3.82. The fourth-order valence-electron chi connectivity index (χ4n) is 1.95. The Bertz CT molecular complexity index is 461. The number of phenols is 1. The largest absolute Gasteiger partial charge is 0.507 e. The van der Waals surface area contributed by atoms with Crippen molar-refractivity contribution in [3.63, 3.8) is 0 Å². The number of hydrogen-bond acceptors (Lipinski definition) is 4. The zero-order valence-corrected chi connectivity index (χ0v) is 13.9. The lowest BCUT2D eigenvalue weighted by molar-refractivity contribution is 0.101. The minimum absolute atomic E-state index is 0.0669. The molecule has 5 heteroatoms. The van der Waals surface area contributed by atoms with Crippen molar-refractivity contribution in [2.75, 3.05) is 25.4 Å². The number of rotatable bonds is 8. The van der Waals surface area contributed by atoms with Crippen molar-refractivity contribution in [1.82, 2.24) is 4.90 Å². The minimum Gasteiger partial charge on any atom is -0.507 e. The summed E-state index contributed by atoms with van der Waals surface area (Å²) in [4.78, 5) is 13.8. The average molecular weight is 316 g/mol. The Morgan fingerprint density at radius 1 is 1.35 bits per heavy atom. The maximum Gasteiger partial charge on any atom is 0.163 e. The molecule has 0 heterocycles. The SMILES string of the molecule is CCN(CC)CCSCc1cc(Cl)cc(C(C)=O)c1O. The van der Waals surface area contributed by atoms with Crippen molar-refractivity contribution in [3.05, 3.63) is 28.3 Å². The van der Waals surface area contributed by atoms with Crippen molar-refractivity contribution in [2.24, 2.45) is 0 Å². The highest BCUT2D eigenvalue weighted by molar-refractivity contribution is 7.98. The Kier molecular flexibility index (Phi) is 7.41. The first-order valence-electron chi connectivity index (χ1n) is 6.82. The van der Waals surface area contributed by atoms with Gasteiger partial charge in [-0.3, -0.25) is 4.79 Å². The van der Waals surface area contributed by atoms with E-state index >= 15 is 0 Å². The number of thioether (sulfide) groups is 1. The number of phenolic OH excluding ortho intramolecular Hbond substituents is 1. The third-order valence-corrected chi connectivity index (χ3v) is 4.44. The van der Waals surface area contributed by atoms with Gasteiger partial charge in [0.1, 0.15) is 5.75 Å². The smallest absolute Gasteiger partial charge is 0.163 e. The molecule has 3 nitrogen and oxygen atoms in total. The average Bonchev–Trinajstić information content (AvgIpc) is 2.42. The molecule has 0 saturated heterocycles. The van der Waals surface area contributed by atoms with Crippen LogP contribution in [0.15, 0.2) is 12.1 Å². The second-order valence-electron chi connectivity index (χ2n) is 4.60. The second-order valence-corrected chi connectivity index (χ2v) is 6.14. The topological polar surface area (TPSA) is 40.5 Å². The van der Waals surface area contributed by atoms with Gasteiger partial charge in [0.05, 0.1) is 5.56 Å². The first-order chi connectivity index (χ1) is 9.49. The van der Waals surface area contributed by atoms with Crippen molar-refractivity contribution >= 4 is 29.1 Å². The van der Waals surface area contributed by atoms with Crippen molar-refractivity contribution in [2.45, 2.75) is 26.5 Å². The van der Waals surface area contributed by atoms with Gasteiger partial charge in [-0.15, -0.1) is 0 Å². The van der Waals surface area contributed by atoms with Crippen molar-refractivity contribution < 1.29 is 9.90 Å². The lowest BCUT2D eigenvalue weighted by Crippen LogP contribution is -2.25. The summed E-state index contributed by atoms with van der Waals surface area (Å²) in [6, 6.07) is 3.25. The van der Waals surface area contributed by atoms with Gasteiger partial charge in [-0.05, 0) is 32.1 Å². The minimum atomic E-state index is -0.167. The molecule has 0 spiro atoms. The van der Waals surface area contributed by atoms with Gasteiger partial charge in [0.2, 0.25) is 0 Å². The van der Waals surface area contributed by atoms with Crippen LogP contribution in [-0.4, -0.2) is 41.2 Å².